The van der Waals surface area contributed by atoms with Crippen molar-refractivity contribution in [2.75, 3.05) is 40.0 Å². The lowest BCUT2D eigenvalue weighted by molar-refractivity contribution is -0.170. The molecule has 1 aromatic rings. The maximum absolute atomic E-state index is 11.7. The second kappa shape index (κ2) is 7.29. The summed E-state index contributed by atoms with van der Waals surface area (Å²) in [5, 5.41) is 0. The number of carbonyl (C=O) groups is 1. The maximum Gasteiger partial charge on any atom is 0.248 e. The zero-order chi connectivity index (χ0) is 18.1. The van der Waals surface area contributed by atoms with Crippen LogP contribution in [0.5, 0.6) is 0 Å². The van der Waals surface area contributed by atoms with Gasteiger partial charge in [-0.2, -0.15) is 0 Å². The normalized spacial score (nSPS) is 34.7. The van der Waals surface area contributed by atoms with Gasteiger partial charge in [0, 0.05) is 50.8 Å². The molecular formula is C21H30N2O3. The van der Waals surface area contributed by atoms with Crippen molar-refractivity contribution in [2.24, 2.45) is 23.5 Å². The van der Waals surface area contributed by atoms with E-state index in [1.54, 1.807) is 6.07 Å². The molecule has 2 aliphatic heterocycles. The summed E-state index contributed by atoms with van der Waals surface area (Å²) in [6.45, 7) is 5.06. The Balaban J connectivity index is 1.61. The predicted molar refractivity (Wildman–Crippen MR) is 99.8 cm³/mol. The lowest BCUT2D eigenvalue weighted by Crippen LogP contribution is -2.59. The molecule has 1 amide bonds. The third kappa shape index (κ3) is 3.06. The Labute approximate surface area is 155 Å². The number of ether oxygens (including phenoxy) is 2. The van der Waals surface area contributed by atoms with E-state index in [0.717, 1.165) is 38.4 Å². The third-order valence-electron chi connectivity index (χ3n) is 6.75. The van der Waals surface area contributed by atoms with Crippen molar-refractivity contribution in [1.82, 2.24) is 4.90 Å². The lowest BCUT2D eigenvalue weighted by Gasteiger charge is -2.55. The first-order valence-electron chi connectivity index (χ1n) is 9.89. The maximum atomic E-state index is 11.7. The highest BCUT2D eigenvalue weighted by Crippen LogP contribution is 2.51. The van der Waals surface area contributed by atoms with Crippen LogP contribution in [0, 0.1) is 17.8 Å². The van der Waals surface area contributed by atoms with Crippen LogP contribution >= 0.6 is 0 Å². The Morgan fingerprint density at radius 2 is 2.08 bits per heavy atom. The van der Waals surface area contributed by atoms with Gasteiger partial charge in [0.2, 0.25) is 5.91 Å². The first-order valence-corrected chi connectivity index (χ1v) is 9.89. The van der Waals surface area contributed by atoms with Gasteiger partial charge in [0.25, 0.3) is 0 Å². The molecule has 2 unspecified atom stereocenters. The Morgan fingerprint density at radius 1 is 1.31 bits per heavy atom. The van der Waals surface area contributed by atoms with Crippen molar-refractivity contribution in [2.45, 2.75) is 31.3 Å². The minimum Gasteiger partial charge on any atom is -0.381 e. The van der Waals surface area contributed by atoms with Crippen molar-refractivity contribution in [1.29, 1.82) is 0 Å². The minimum absolute atomic E-state index is 0.299. The van der Waals surface area contributed by atoms with Crippen molar-refractivity contribution >= 4 is 5.91 Å². The SMILES string of the molecule is COC1(c2cccc(C(N)=O)c2)[C@@H]2CCC[C@H]1CN(CC1CCOC1)C2. The molecule has 26 heavy (non-hydrogen) atoms. The molecule has 0 spiro atoms. The molecule has 2 bridgehead atoms. The zero-order valence-corrected chi connectivity index (χ0v) is 15.7. The third-order valence-corrected chi connectivity index (χ3v) is 6.75. The molecular weight excluding hydrogens is 328 g/mol. The molecule has 1 saturated carbocycles. The Morgan fingerprint density at radius 3 is 2.69 bits per heavy atom. The summed E-state index contributed by atoms with van der Waals surface area (Å²) in [5.74, 6) is 1.20. The molecule has 5 nitrogen and oxygen atoms in total. The highest BCUT2D eigenvalue weighted by atomic mass is 16.5. The van der Waals surface area contributed by atoms with Crippen LogP contribution < -0.4 is 5.73 Å². The van der Waals surface area contributed by atoms with Gasteiger partial charge in [0.15, 0.2) is 0 Å². The topological polar surface area (TPSA) is 64.8 Å². The Bertz CT molecular complexity index is 642. The van der Waals surface area contributed by atoms with Gasteiger partial charge in [-0.25, -0.2) is 0 Å². The zero-order valence-electron chi connectivity index (χ0n) is 15.7. The number of benzene rings is 1. The number of hydrogen-bond acceptors (Lipinski definition) is 4. The number of likely N-dealkylation sites (tertiary alicyclic amines) is 1. The van der Waals surface area contributed by atoms with Gasteiger partial charge in [-0.3, -0.25) is 4.79 Å². The average molecular weight is 358 g/mol. The molecule has 4 rings (SSSR count). The Kier molecular flexibility index (Phi) is 5.04. The summed E-state index contributed by atoms with van der Waals surface area (Å²) in [5.41, 5.74) is 6.92. The molecule has 2 heterocycles. The van der Waals surface area contributed by atoms with E-state index in [1.165, 1.54) is 25.7 Å². The van der Waals surface area contributed by atoms with E-state index in [-0.39, 0.29) is 11.5 Å². The van der Waals surface area contributed by atoms with E-state index in [2.05, 4.69) is 11.0 Å². The largest absolute Gasteiger partial charge is 0.381 e. The summed E-state index contributed by atoms with van der Waals surface area (Å²) >= 11 is 0. The van der Waals surface area contributed by atoms with Crippen LogP contribution in [-0.4, -0.2) is 50.8 Å². The number of piperidine rings is 1. The van der Waals surface area contributed by atoms with Crippen LogP contribution in [0.25, 0.3) is 0 Å². The monoisotopic (exact) mass is 358 g/mol. The number of primary amides is 1. The number of amides is 1. The van der Waals surface area contributed by atoms with E-state index in [1.807, 2.05) is 19.2 Å². The van der Waals surface area contributed by atoms with Crippen molar-refractivity contribution in [3.8, 4) is 0 Å². The smallest absolute Gasteiger partial charge is 0.248 e. The number of hydrogen-bond donors (Lipinski definition) is 1. The van der Waals surface area contributed by atoms with Crippen LogP contribution in [0.2, 0.25) is 0 Å². The number of rotatable bonds is 5. The number of nitrogens with two attached hydrogens (primary N) is 1. The predicted octanol–water partition coefficient (Wildman–Crippen LogP) is 2.40. The van der Waals surface area contributed by atoms with Crippen molar-refractivity contribution < 1.29 is 14.3 Å². The quantitative estimate of drug-likeness (QED) is 0.878. The highest BCUT2D eigenvalue weighted by Gasteiger charge is 2.53. The summed E-state index contributed by atoms with van der Waals surface area (Å²) in [6.07, 6.45) is 4.78. The van der Waals surface area contributed by atoms with E-state index >= 15 is 0 Å². The fourth-order valence-corrected chi connectivity index (χ4v) is 5.60. The van der Waals surface area contributed by atoms with Crippen LogP contribution in [0.15, 0.2) is 24.3 Å². The molecule has 3 fully saturated rings. The molecule has 0 radical (unpaired) electrons. The van der Waals surface area contributed by atoms with Gasteiger partial charge in [-0.05, 0) is 42.9 Å². The van der Waals surface area contributed by atoms with Crippen LogP contribution in [0.4, 0.5) is 0 Å². The number of fused-ring (bicyclic) bond motifs is 2. The first-order chi connectivity index (χ1) is 12.6. The summed E-state index contributed by atoms with van der Waals surface area (Å²) < 4.78 is 11.8. The van der Waals surface area contributed by atoms with Gasteiger partial charge < -0.3 is 20.1 Å². The highest BCUT2D eigenvalue weighted by molar-refractivity contribution is 5.92. The van der Waals surface area contributed by atoms with E-state index < -0.39 is 0 Å². The molecule has 5 heteroatoms. The molecule has 2 N–H and O–H groups in total. The summed E-state index contributed by atoms with van der Waals surface area (Å²) in [7, 11) is 1.84. The lowest BCUT2D eigenvalue weighted by atomic mass is 9.62. The van der Waals surface area contributed by atoms with Crippen LogP contribution in [-0.2, 0) is 15.1 Å². The van der Waals surface area contributed by atoms with E-state index in [9.17, 15) is 4.79 Å². The van der Waals surface area contributed by atoms with Gasteiger partial charge in [-0.15, -0.1) is 0 Å². The van der Waals surface area contributed by atoms with E-state index in [0.29, 0.717) is 23.3 Å². The molecule has 1 aliphatic carbocycles. The molecule has 4 atom stereocenters. The van der Waals surface area contributed by atoms with Crippen LogP contribution in [0.1, 0.15) is 41.6 Å². The first kappa shape index (κ1) is 18.0. The second-order valence-corrected chi connectivity index (χ2v) is 8.22. The molecule has 0 aromatic heterocycles. The fraction of sp³-hybridized carbons (Fsp3) is 0.667. The fourth-order valence-electron chi connectivity index (χ4n) is 5.60. The standard InChI is InChI=1S/C21H30N2O3/c1-25-21(17-5-2-4-16(10-17)20(22)24)18-6-3-7-19(21)13-23(12-18)11-15-8-9-26-14-15/h2,4-5,10,15,18-19H,3,6-9,11-14H2,1H3,(H2,22,24)/t15?,18-,19+,21?. The minimum atomic E-state index is -0.373. The summed E-state index contributed by atoms with van der Waals surface area (Å²) in [4.78, 5) is 14.3. The van der Waals surface area contributed by atoms with Crippen molar-refractivity contribution in [3.05, 3.63) is 35.4 Å². The average Bonchev–Trinajstić information content (AvgIpc) is 3.14. The number of carbonyl (C=O) groups excluding carboxylic acids is 1. The summed E-state index contributed by atoms with van der Waals surface area (Å²) in [6, 6.07) is 7.80. The molecule has 3 aliphatic rings. The second-order valence-electron chi connectivity index (χ2n) is 8.22. The Hall–Kier alpha value is -1.43. The molecule has 2 saturated heterocycles. The van der Waals surface area contributed by atoms with Crippen LogP contribution in [0.3, 0.4) is 0 Å². The van der Waals surface area contributed by atoms with Gasteiger partial charge >= 0.3 is 0 Å². The van der Waals surface area contributed by atoms with Gasteiger partial charge in [0.1, 0.15) is 5.60 Å². The van der Waals surface area contributed by atoms with E-state index in [4.69, 9.17) is 15.2 Å². The number of nitrogens with zero attached hydrogens (tertiary/aromatic N) is 1. The molecule has 142 valence electrons. The van der Waals surface area contributed by atoms with Crippen molar-refractivity contribution in [3.63, 3.8) is 0 Å². The van der Waals surface area contributed by atoms with Gasteiger partial charge in [-0.1, -0.05) is 18.6 Å². The molecule has 1 aromatic carbocycles. The van der Waals surface area contributed by atoms with Gasteiger partial charge in [0.05, 0.1) is 6.61 Å². The number of methoxy groups -OCH3 is 1.